The molecule has 1 saturated heterocycles. The monoisotopic (exact) mass is 306 g/mol. The second-order valence-corrected chi connectivity index (χ2v) is 6.06. The molecule has 1 fully saturated rings. The summed E-state index contributed by atoms with van der Waals surface area (Å²) in [6.45, 7) is 4.95. The number of aliphatic imine (C=N–C) groups is 1. The number of hydrogen-bond acceptors (Lipinski definition) is 3. The topological polar surface area (TPSA) is 70.7 Å². The normalized spacial score (nSPS) is 15.9. The molecule has 0 saturated carbocycles. The van der Waals surface area contributed by atoms with Crippen molar-refractivity contribution in [1.82, 2.24) is 10.2 Å². The van der Waals surface area contributed by atoms with Gasteiger partial charge in [0.05, 0.1) is 6.54 Å². The molecule has 0 aliphatic carbocycles. The number of guanidine groups is 1. The van der Waals surface area contributed by atoms with Gasteiger partial charge in [0.25, 0.3) is 5.91 Å². The molecule has 0 atom stereocenters. The Morgan fingerprint density at radius 1 is 1.43 bits per heavy atom. The zero-order valence-corrected chi connectivity index (χ0v) is 13.2. The maximum absolute atomic E-state index is 11.8. The van der Waals surface area contributed by atoms with E-state index in [2.05, 4.69) is 15.2 Å². The number of carbonyl (C=O) groups excluding carboxylic acids is 1. The molecule has 3 N–H and O–H groups in total. The molecule has 1 aromatic carbocycles. The molecule has 5 nitrogen and oxygen atoms in total. The number of nitrogens with two attached hydrogens (primary N) is 1. The van der Waals surface area contributed by atoms with Crippen molar-refractivity contribution in [2.24, 2.45) is 10.7 Å². The Balaban J connectivity index is 1.99. The summed E-state index contributed by atoms with van der Waals surface area (Å²) in [6.07, 6.45) is 0. The molecule has 1 heterocycles. The number of thioether (sulfide) groups is 1. The van der Waals surface area contributed by atoms with Crippen molar-refractivity contribution in [2.75, 3.05) is 31.1 Å². The summed E-state index contributed by atoms with van der Waals surface area (Å²) < 4.78 is 0. The van der Waals surface area contributed by atoms with Crippen LogP contribution >= 0.6 is 11.8 Å². The molecule has 1 aliphatic heterocycles. The smallest absolute Gasteiger partial charge is 0.251 e. The zero-order valence-electron chi connectivity index (χ0n) is 12.3. The lowest BCUT2D eigenvalue weighted by Crippen LogP contribution is -2.42. The highest BCUT2D eigenvalue weighted by atomic mass is 32.2. The van der Waals surface area contributed by atoms with E-state index in [0.29, 0.717) is 24.6 Å². The fraction of sp³-hybridized carbons (Fsp3) is 0.467. The average molecular weight is 306 g/mol. The third kappa shape index (κ3) is 4.67. The van der Waals surface area contributed by atoms with E-state index in [4.69, 9.17) is 5.73 Å². The minimum Gasteiger partial charge on any atom is -0.370 e. The first kappa shape index (κ1) is 15.7. The largest absolute Gasteiger partial charge is 0.370 e. The van der Waals surface area contributed by atoms with Gasteiger partial charge in [0.2, 0.25) is 0 Å². The van der Waals surface area contributed by atoms with Gasteiger partial charge in [0.15, 0.2) is 5.96 Å². The first-order chi connectivity index (χ1) is 10.2. The Kier molecular flexibility index (Phi) is 5.92. The van der Waals surface area contributed by atoms with Gasteiger partial charge in [-0.05, 0) is 24.6 Å². The molecule has 2 rings (SSSR count). The summed E-state index contributed by atoms with van der Waals surface area (Å²) in [5.41, 5.74) is 7.69. The molecule has 21 heavy (non-hydrogen) atoms. The highest BCUT2D eigenvalue weighted by Crippen LogP contribution is 2.10. The van der Waals surface area contributed by atoms with Crippen molar-refractivity contribution >= 4 is 23.6 Å². The molecule has 6 heteroatoms. The van der Waals surface area contributed by atoms with Gasteiger partial charge in [-0.2, -0.15) is 11.8 Å². The molecule has 0 bridgehead atoms. The van der Waals surface area contributed by atoms with Gasteiger partial charge in [-0.3, -0.25) is 4.79 Å². The van der Waals surface area contributed by atoms with Crippen LogP contribution in [-0.4, -0.2) is 47.9 Å². The van der Waals surface area contributed by atoms with Gasteiger partial charge in [-0.25, -0.2) is 4.99 Å². The van der Waals surface area contributed by atoms with Crippen molar-refractivity contribution < 1.29 is 4.79 Å². The van der Waals surface area contributed by atoms with Gasteiger partial charge in [0, 0.05) is 36.7 Å². The Hall–Kier alpha value is -1.69. The average Bonchev–Trinajstić information content (AvgIpc) is 2.54. The second kappa shape index (κ2) is 7.93. The van der Waals surface area contributed by atoms with Gasteiger partial charge < -0.3 is 16.0 Å². The third-order valence-electron chi connectivity index (χ3n) is 3.29. The van der Waals surface area contributed by atoms with Crippen molar-refractivity contribution in [3.63, 3.8) is 0 Å². The van der Waals surface area contributed by atoms with Crippen molar-refractivity contribution in [3.05, 3.63) is 35.4 Å². The summed E-state index contributed by atoms with van der Waals surface area (Å²) in [7, 11) is 0. The van der Waals surface area contributed by atoms with Crippen LogP contribution < -0.4 is 11.1 Å². The molecule has 0 aromatic heterocycles. The van der Waals surface area contributed by atoms with Crippen LogP contribution in [-0.2, 0) is 6.54 Å². The van der Waals surface area contributed by atoms with E-state index in [1.165, 1.54) is 0 Å². The number of carbonyl (C=O) groups is 1. The highest BCUT2D eigenvalue weighted by molar-refractivity contribution is 7.99. The number of hydrogen-bond donors (Lipinski definition) is 2. The van der Waals surface area contributed by atoms with E-state index >= 15 is 0 Å². The van der Waals surface area contributed by atoms with Crippen molar-refractivity contribution in [1.29, 1.82) is 0 Å². The molecular weight excluding hydrogens is 284 g/mol. The van der Waals surface area contributed by atoms with E-state index in [-0.39, 0.29) is 5.91 Å². The van der Waals surface area contributed by atoms with Gasteiger partial charge in [0.1, 0.15) is 0 Å². The number of nitrogens with zero attached hydrogens (tertiary/aromatic N) is 2. The van der Waals surface area contributed by atoms with Gasteiger partial charge in [-0.1, -0.05) is 12.1 Å². The van der Waals surface area contributed by atoms with Crippen LogP contribution in [0.3, 0.4) is 0 Å². The SMILES string of the molecule is CCNC(=O)c1cccc(CN=C(N)N2CCSCC2)c1. The Morgan fingerprint density at radius 2 is 2.19 bits per heavy atom. The van der Waals surface area contributed by atoms with Crippen LogP contribution in [0.25, 0.3) is 0 Å². The van der Waals surface area contributed by atoms with Gasteiger partial charge in [-0.15, -0.1) is 0 Å². The predicted octanol–water partition coefficient (Wildman–Crippen LogP) is 1.30. The van der Waals surface area contributed by atoms with E-state index in [0.717, 1.165) is 30.2 Å². The molecular formula is C15H22N4OS. The minimum atomic E-state index is -0.0515. The van der Waals surface area contributed by atoms with E-state index in [1.807, 2.05) is 43.0 Å². The quantitative estimate of drug-likeness (QED) is 0.650. The molecule has 114 valence electrons. The highest BCUT2D eigenvalue weighted by Gasteiger charge is 2.12. The maximum Gasteiger partial charge on any atom is 0.251 e. The lowest BCUT2D eigenvalue weighted by molar-refractivity contribution is 0.0955. The molecule has 1 aliphatic rings. The van der Waals surface area contributed by atoms with Crippen LogP contribution in [0, 0.1) is 0 Å². The Labute approximate surface area is 130 Å². The zero-order chi connectivity index (χ0) is 15.1. The molecule has 1 amide bonds. The van der Waals surface area contributed by atoms with Gasteiger partial charge >= 0.3 is 0 Å². The first-order valence-corrected chi connectivity index (χ1v) is 8.36. The molecule has 0 unspecified atom stereocenters. The van der Waals surface area contributed by atoms with Crippen LogP contribution in [0.2, 0.25) is 0 Å². The van der Waals surface area contributed by atoms with Crippen LogP contribution in [0.1, 0.15) is 22.8 Å². The first-order valence-electron chi connectivity index (χ1n) is 7.20. The van der Waals surface area contributed by atoms with Crippen LogP contribution in [0.15, 0.2) is 29.3 Å². The van der Waals surface area contributed by atoms with Crippen LogP contribution in [0.5, 0.6) is 0 Å². The fourth-order valence-electron chi connectivity index (χ4n) is 2.14. The fourth-order valence-corrected chi connectivity index (χ4v) is 3.04. The molecule has 0 radical (unpaired) electrons. The van der Waals surface area contributed by atoms with E-state index in [1.54, 1.807) is 0 Å². The standard InChI is InChI=1S/C15H22N4OS/c1-2-17-14(20)13-5-3-4-12(10-13)11-18-15(16)19-6-8-21-9-7-19/h3-5,10H,2,6-9,11H2,1H3,(H2,16,18)(H,17,20). The summed E-state index contributed by atoms with van der Waals surface area (Å²) in [5, 5.41) is 2.80. The summed E-state index contributed by atoms with van der Waals surface area (Å²) >= 11 is 1.94. The lowest BCUT2D eigenvalue weighted by atomic mass is 10.1. The van der Waals surface area contributed by atoms with Crippen LogP contribution in [0.4, 0.5) is 0 Å². The minimum absolute atomic E-state index is 0.0515. The van der Waals surface area contributed by atoms with E-state index < -0.39 is 0 Å². The number of amides is 1. The van der Waals surface area contributed by atoms with Crippen molar-refractivity contribution in [2.45, 2.75) is 13.5 Å². The van der Waals surface area contributed by atoms with E-state index in [9.17, 15) is 4.79 Å². The number of benzene rings is 1. The molecule has 0 spiro atoms. The Morgan fingerprint density at radius 3 is 2.90 bits per heavy atom. The predicted molar refractivity (Wildman–Crippen MR) is 88.7 cm³/mol. The molecule has 1 aromatic rings. The second-order valence-electron chi connectivity index (χ2n) is 4.83. The number of nitrogens with one attached hydrogen (secondary N) is 1. The lowest BCUT2D eigenvalue weighted by Gasteiger charge is -2.27. The Bertz CT molecular complexity index is 512. The van der Waals surface area contributed by atoms with Crippen molar-refractivity contribution in [3.8, 4) is 0 Å². The third-order valence-corrected chi connectivity index (χ3v) is 4.23. The number of rotatable bonds is 4. The summed E-state index contributed by atoms with van der Waals surface area (Å²) in [6, 6.07) is 7.52. The summed E-state index contributed by atoms with van der Waals surface area (Å²) in [5.74, 6) is 2.74. The maximum atomic E-state index is 11.8. The summed E-state index contributed by atoms with van der Waals surface area (Å²) in [4.78, 5) is 18.4.